The van der Waals surface area contributed by atoms with Crippen molar-refractivity contribution in [2.45, 2.75) is 13.8 Å². The summed E-state index contributed by atoms with van der Waals surface area (Å²) in [6.45, 7) is 7.68. The summed E-state index contributed by atoms with van der Waals surface area (Å²) in [6, 6.07) is 5.34. The fourth-order valence-corrected chi connectivity index (χ4v) is 2.23. The van der Waals surface area contributed by atoms with Crippen molar-refractivity contribution in [3.8, 4) is 5.75 Å². The molecule has 0 radical (unpaired) electrons. The van der Waals surface area contributed by atoms with Gasteiger partial charge in [0, 0.05) is 11.6 Å². The molecule has 0 aliphatic heterocycles. The molecule has 4 nitrogen and oxygen atoms in total. The second-order valence-electron chi connectivity index (χ2n) is 4.63. The maximum Gasteiger partial charge on any atom is 0.347 e. The third-order valence-corrected chi connectivity index (χ3v) is 3.36. The number of hydrogen-bond acceptors (Lipinski definition) is 4. The van der Waals surface area contributed by atoms with E-state index in [4.69, 9.17) is 13.6 Å². The summed E-state index contributed by atoms with van der Waals surface area (Å²) in [5.74, 6) is 1.35. The molecule has 3 rings (SSSR count). The van der Waals surface area contributed by atoms with E-state index in [1.165, 1.54) is 0 Å². The van der Waals surface area contributed by atoms with Crippen molar-refractivity contribution in [3.63, 3.8) is 0 Å². The van der Waals surface area contributed by atoms with Crippen LogP contribution in [0.4, 0.5) is 0 Å². The number of benzene rings is 1. The molecular weight excluding hydrogens is 256 g/mol. The van der Waals surface area contributed by atoms with E-state index in [0.29, 0.717) is 28.9 Å². The van der Waals surface area contributed by atoms with E-state index in [1.807, 2.05) is 26.0 Å². The zero-order chi connectivity index (χ0) is 14.3. The number of ether oxygens (including phenoxy) is 1. The highest BCUT2D eigenvalue weighted by atomic mass is 16.5. The van der Waals surface area contributed by atoms with Crippen LogP contribution >= 0.6 is 0 Å². The zero-order valence-corrected chi connectivity index (χ0v) is 11.4. The highest BCUT2D eigenvalue weighted by Gasteiger charge is 2.16. The highest BCUT2D eigenvalue weighted by molar-refractivity contribution is 6.02. The molecule has 0 fully saturated rings. The minimum Gasteiger partial charge on any atom is -0.489 e. The van der Waals surface area contributed by atoms with Crippen LogP contribution in [0, 0.1) is 13.8 Å². The van der Waals surface area contributed by atoms with E-state index < -0.39 is 0 Å². The van der Waals surface area contributed by atoms with Gasteiger partial charge >= 0.3 is 5.63 Å². The SMILES string of the molecule is C=CCOc1ccc2c(c1)oc(=O)c1c(C)c(C)oc12. The molecule has 0 bridgehead atoms. The van der Waals surface area contributed by atoms with Crippen LogP contribution < -0.4 is 10.4 Å². The van der Waals surface area contributed by atoms with Crippen molar-refractivity contribution >= 4 is 21.9 Å². The summed E-state index contributed by atoms with van der Waals surface area (Å²) >= 11 is 0. The van der Waals surface area contributed by atoms with Gasteiger partial charge in [-0.25, -0.2) is 4.79 Å². The second-order valence-corrected chi connectivity index (χ2v) is 4.63. The fourth-order valence-electron chi connectivity index (χ4n) is 2.23. The van der Waals surface area contributed by atoms with Gasteiger partial charge in [-0.3, -0.25) is 0 Å². The van der Waals surface area contributed by atoms with E-state index in [1.54, 1.807) is 12.1 Å². The van der Waals surface area contributed by atoms with Gasteiger partial charge in [0.2, 0.25) is 0 Å². The standard InChI is InChI=1S/C16H14O4/c1-4-7-18-11-5-6-12-13(8-11)20-16(17)14-9(2)10(3)19-15(12)14/h4-6,8H,1,7H2,2-3H3. The molecule has 0 spiro atoms. The second kappa shape index (κ2) is 4.56. The molecule has 0 N–H and O–H groups in total. The third kappa shape index (κ3) is 1.81. The van der Waals surface area contributed by atoms with E-state index in [-0.39, 0.29) is 5.63 Å². The first-order chi connectivity index (χ1) is 9.61. The van der Waals surface area contributed by atoms with Crippen LogP contribution in [0.5, 0.6) is 5.75 Å². The summed E-state index contributed by atoms with van der Waals surface area (Å²) in [6.07, 6.45) is 1.66. The molecule has 4 heteroatoms. The lowest BCUT2D eigenvalue weighted by Crippen LogP contribution is -2.00. The van der Waals surface area contributed by atoms with Crippen LogP contribution in [0.2, 0.25) is 0 Å². The van der Waals surface area contributed by atoms with E-state index in [2.05, 4.69) is 6.58 Å². The first-order valence-electron chi connectivity index (χ1n) is 6.32. The molecule has 1 aromatic carbocycles. The minimum atomic E-state index is -0.386. The molecule has 102 valence electrons. The molecule has 0 saturated heterocycles. The van der Waals surface area contributed by atoms with Crippen molar-refractivity contribution in [2.24, 2.45) is 0 Å². The smallest absolute Gasteiger partial charge is 0.347 e. The lowest BCUT2D eigenvalue weighted by molar-refractivity contribution is 0.363. The Morgan fingerprint density at radius 2 is 2.10 bits per heavy atom. The molecule has 0 aliphatic rings. The van der Waals surface area contributed by atoms with E-state index in [0.717, 1.165) is 16.7 Å². The molecular formula is C16H14O4. The maximum atomic E-state index is 12.1. The van der Waals surface area contributed by atoms with Crippen molar-refractivity contribution in [2.75, 3.05) is 6.61 Å². The van der Waals surface area contributed by atoms with Crippen molar-refractivity contribution in [1.29, 1.82) is 0 Å². The van der Waals surface area contributed by atoms with E-state index >= 15 is 0 Å². The van der Waals surface area contributed by atoms with Crippen LogP contribution in [-0.4, -0.2) is 6.61 Å². The predicted octanol–water partition coefficient (Wildman–Crippen LogP) is 3.72. The molecule has 2 heterocycles. The average Bonchev–Trinajstić information content (AvgIpc) is 2.73. The Morgan fingerprint density at radius 1 is 1.30 bits per heavy atom. The molecule has 0 saturated carbocycles. The normalized spacial score (nSPS) is 11.1. The summed E-state index contributed by atoms with van der Waals surface area (Å²) < 4.78 is 16.5. The Kier molecular flexibility index (Phi) is 2.86. The number of furan rings is 1. The Bertz CT molecular complexity index is 867. The Hall–Kier alpha value is -2.49. The first-order valence-corrected chi connectivity index (χ1v) is 6.32. The van der Waals surface area contributed by atoms with Crippen molar-refractivity contribution in [1.82, 2.24) is 0 Å². The quantitative estimate of drug-likeness (QED) is 0.537. The lowest BCUT2D eigenvalue weighted by atomic mass is 10.1. The van der Waals surface area contributed by atoms with Crippen molar-refractivity contribution < 1.29 is 13.6 Å². The summed E-state index contributed by atoms with van der Waals surface area (Å²) in [5, 5.41) is 1.27. The Labute approximate surface area is 115 Å². The van der Waals surface area contributed by atoms with Gasteiger partial charge in [0.25, 0.3) is 0 Å². The van der Waals surface area contributed by atoms with Crippen LogP contribution in [0.25, 0.3) is 21.9 Å². The average molecular weight is 270 g/mol. The van der Waals surface area contributed by atoms with Crippen LogP contribution in [-0.2, 0) is 0 Å². The van der Waals surface area contributed by atoms with Gasteiger partial charge in [-0.15, -0.1) is 0 Å². The topological polar surface area (TPSA) is 52.6 Å². The van der Waals surface area contributed by atoms with Crippen LogP contribution in [0.15, 0.2) is 44.5 Å². The minimum absolute atomic E-state index is 0.386. The summed E-state index contributed by atoms with van der Waals surface area (Å²) in [7, 11) is 0. The fraction of sp³-hybridized carbons (Fsp3) is 0.188. The monoisotopic (exact) mass is 270 g/mol. The van der Waals surface area contributed by atoms with Gasteiger partial charge in [-0.05, 0) is 26.0 Å². The Balaban J connectivity index is 2.30. The highest BCUT2D eigenvalue weighted by Crippen LogP contribution is 2.30. The molecule has 0 atom stereocenters. The number of aryl methyl sites for hydroxylation is 2. The maximum absolute atomic E-state index is 12.1. The van der Waals surface area contributed by atoms with Crippen LogP contribution in [0.1, 0.15) is 11.3 Å². The zero-order valence-electron chi connectivity index (χ0n) is 11.4. The molecule has 20 heavy (non-hydrogen) atoms. The van der Waals surface area contributed by atoms with E-state index in [9.17, 15) is 4.79 Å². The van der Waals surface area contributed by atoms with Gasteiger partial charge < -0.3 is 13.6 Å². The number of rotatable bonds is 3. The molecule has 2 aromatic heterocycles. The van der Waals surface area contributed by atoms with Gasteiger partial charge in [-0.1, -0.05) is 12.7 Å². The molecule has 0 aliphatic carbocycles. The molecule has 0 amide bonds. The summed E-state index contributed by atoms with van der Waals surface area (Å²) in [4.78, 5) is 12.1. The number of hydrogen-bond donors (Lipinski definition) is 0. The van der Waals surface area contributed by atoms with Gasteiger partial charge in [0.15, 0.2) is 5.58 Å². The predicted molar refractivity (Wildman–Crippen MR) is 77.4 cm³/mol. The van der Waals surface area contributed by atoms with Crippen molar-refractivity contribution in [3.05, 3.63) is 52.6 Å². The molecule has 0 unspecified atom stereocenters. The first kappa shape index (κ1) is 12.5. The number of fused-ring (bicyclic) bond motifs is 3. The van der Waals surface area contributed by atoms with Gasteiger partial charge in [0.05, 0.1) is 5.39 Å². The largest absolute Gasteiger partial charge is 0.489 e. The third-order valence-electron chi connectivity index (χ3n) is 3.36. The van der Waals surface area contributed by atoms with Crippen LogP contribution in [0.3, 0.4) is 0 Å². The summed E-state index contributed by atoms with van der Waals surface area (Å²) in [5.41, 5.74) is 1.46. The van der Waals surface area contributed by atoms with Gasteiger partial charge in [-0.2, -0.15) is 0 Å². The van der Waals surface area contributed by atoms with Gasteiger partial charge in [0.1, 0.15) is 29.1 Å². The Morgan fingerprint density at radius 3 is 2.85 bits per heavy atom. The lowest BCUT2D eigenvalue weighted by Gasteiger charge is -2.04. The molecule has 3 aromatic rings.